The van der Waals surface area contributed by atoms with Crippen molar-refractivity contribution in [3.8, 4) is 5.82 Å². The molecule has 0 aliphatic carbocycles. The van der Waals surface area contributed by atoms with Crippen molar-refractivity contribution in [3.05, 3.63) is 66.8 Å². The summed E-state index contributed by atoms with van der Waals surface area (Å²) in [6.45, 7) is 0.882. The summed E-state index contributed by atoms with van der Waals surface area (Å²) in [6, 6.07) is 8.59. The molecule has 0 saturated carbocycles. The Morgan fingerprint density at radius 1 is 0.857 bits per heavy atom. The molecule has 0 bridgehead atoms. The fraction of sp³-hybridized carbons (Fsp3) is 0.222. The van der Waals surface area contributed by atoms with E-state index in [2.05, 4.69) is 9.97 Å². The van der Waals surface area contributed by atoms with Crippen LogP contribution in [0.4, 0.5) is 14.6 Å². The lowest BCUT2D eigenvalue weighted by atomic mass is 10.3. The number of nitrogens with zero attached hydrogens (tertiary/aromatic N) is 5. The molecule has 2 aromatic heterocycles. The molecule has 1 aromatic carbocycles. The molecule has 1 fully saturated rings. The highest BCUT2D eigenvalue weighted by Crippen LogP contribution is 2.24. The van der Waals surface area contributed by atoms with Crippen molar-refractivity contribution in [3.63, 3.8) is 0 Å². The number of halogens is 2. The summed E-state index contributed by atoms with van der Waals surface area (Å²) in [4.78, 5) is 9.50. The van der Waals surface area contributed by atoms with Gasteiger partial charge >= 0.3 is 0 Å². The third kappa shape index (κ3) is 3.36. The predicted molar refractivity (Wildman–Crippen MR) is 98.7 cm³/mol. The van der Waals surface area contributed by atoms with E-state index in [0.29, 0.717) is 24.7 Å². The summed E-state index contributed by atoms with van der Waals surface area (Å²) in [7, 11) is -4.25. The minimum Gasteiger partial charge on any atom is -0.354 e. The Bertz CT molecular complexity index is 1060. The lowest BCUT2D eigenvalue weighted by molar-refractivity contribution is 0.377. The van der Waals surface area contributed by atoms with Crippen molar-refractivity contribution in [1.29, 1.82) is 0 Å². The number of hydrogen-bond acceptors (Lipinski definition) is 5. The standard InChI is InChI=1S/C18H17F2N5O2S/c19-14-4-3-5-15(20)18(14)28(26,27)25-10-8-24(9-11-25)17-12-16(21-13-22-17)23-6-1-2-7-23/h1-7,12-13H,8-11H2. The van der Waals surface area contributed by atoms with Crippen molar-refractivity contribution in [1.82, 2.24) is 18.8 Å². The van der Waals surface area contributed by atoms with Crippen molar-refractivity contribution in [2.75, 3.05) is 31.1 Å². The summed E-state index contributed by atoms with van der Waals surface area (Å²) in [5.74, 6) is -0.824. The molecule has 0 unspecified atom stereocenters. The van der Waals surface area contributed by atoms with Gasteiger partial charge in [0.1, 0.15) is 29.6 Å². The number of sulfonamides is 1. The Balaban J connectivity index is 1.52. The minimum absolute atomic E-state index is 0.0962. The number of piperazine rings is 1. The van der Waals surface area contributed by atoms with Gasteiger partial charge in [0, 0.05) is 44.6 Å². The van der Waals surface area contributed by atoms with Gasteiger partial charge < -0.3 is 9.47 Å². The second-order valence-corrected chi connectivity index (χ2v) is 8.14. The Labute approximate surface area is 160 Å². The average Bonchev–Trinajstić information content (AvgIpc) is 3.23. The first-order valence-corrected chi connectivity index (χ1v) is 10.1. The summed E-state index contributed by atoms with van der Waals surface area (Å²) in [5, 5.41) is 0. The van der Waals surface area contributed by atoms with Crippen LogP contribution < -0.4 is 4.90 Å². The molecule has 1 aliphatic rings. The van der Waals surface area contributed by atoms with Gasteiger partial charge in [0.25, 0.3) is 0 Å². The van der Waals surface area contributed by atoms with Crippen LogP contribution in [0.15, 0.2) is 60.0 Å². The number of hydrogen-bond donors (Lipinski definition) is 0. The van der Waals surface area contributed by atoms with Gasteiger partial charge in [0.05, 0.1) is 0 Å². The highest BCUT2D eigenvalue weighted by Gasteiger charge is 2.33. The van der Waals surface area contributed by atoms with E-state index >= 15 is 0 Å². The fourth-order valence-electron chi connectivity index (χ4n) is 3.15. The summed E-state index contributed by atoms with van der Waals surface area (Å²) in [6.07, 6.45) is 5.17. The third-order valence-corrected chi connectivity index (χ3v) is 6.54. The lowest BCUT2D eigenvalue weighted by Crippen LogP contribution is -2.49. The molecule has 1 aliphatic heterocycles. The zero-order valence-corrected chi connectivity index (χ0v) is 15.6. The normalized spacial score (nSPS) is 15.7. The van der Waals surface area contributed by atoms with E-state index in [0.717, 1.165) is 22.5 Å². The van der Waals surface area contributed by atoms with Gasteiger partial charge in [-0.2, -0.15) is 4.31 Å². The molecule has 7 nitrogen and oxygen atoms in total. The number of benzene rings is 1. The maximum absolute atomic E-state index is 13.9. The van der Waals surface area contributed by atoms with Crippen molar-refractivity contribution in [2.24, 2.45) is 0 Å². The SMILES string of the molecule is O=S(=O)(c1c(F)cccc1F)N1CCN(c2cc(-n3cccc3)ncn2)CC1. The Hall–Kier alpha value is -2.85. The molecular weight excluding hydrogens is 388 g/mol. The molecule has 4 rings (SSSR count). The van der Waals surface area contributed by atoms with Gasteiger partial charge in [-0.1, -0.05) is 6.07 Å². The Morgan fingerprint density at radius 3 is 2.11 bits per heavy atom. The van der Waals surface area contributed by atoms with Gasteiger partial charge in [0.2, 0.25) is 10.0 Å². The first-order valence-electron chi connectivity index (χ1n) is 8.61. The van der Waals surface area contributed by atoms with E-state index in [1.165, 1.54) is 6.33 Å². The monoisotopic (exact) mass is 405 g/mol. The molecule has 0 amide bonds. The number of aromatic nitrogens is 3. The molecule has 0 atom stereocenters. The third-order valence-electron chi connectivity index (χ3n) is 4.59. The zero-order valence-electron chi connectivity index (χ0n) is 14.7. The van der Waals surface area contributed by atoms with Crippen LogP contribution in [0.5, 0.6) is 0 Å². The first kappa shape index (κ1) is 18.5. The summed E-state index contributed by atoms with van der Waals surface area (Å²) >= 11 is 0. The van der Waals surface area contributed by atoms with Crippen LogP contribution in [0.1, 0.15) is 0 Å². The summed E-state index contributed by atoms with van der Waals surface area (Å²) < 4.78 is 56.2. The molecule has 3 aromatic rings. The van der Waals surface area contributed by atoms with Gasteiger partial charge in [0.15, 0.2) is 4.90 Å². The van der Waals surface area contributed by atoms with E-state index in [1.807, 2.05) is 34.0 Å². The van der Waals surface area contributed by atoms with Crippen LogP contribution in [0.25, 0.3) is 5.82 Å². The minimum atomic E-state index is -4.25. The molecule has 1 saturated heterocycles. The quantitative estimate of drug-likeness (QED) is 0.665. The van der Waals surface area contributed by atoms with Crippen LogP contribution in [0, 0.1) is 11.6 Å². The molecule has 146 valence electrons. The van der Waals surface area contributed by atoms with E-state index in [4.69, 9.17) is 0 Å². The van der Waals surface area contributed by atoms with Crippen LogP contribution in [-0.4, -0.2) is 53.4 Å². The van der Waals surface area contributed by atoms with Gasteiger partial charge in [-0.3, -0.25) is 0 Å². The molecule has 0 radical (unpaired) electrons. The summed E-state index contributed by atoms with van der Waals surface area (Å²) in [5.41, 5.74) is 0. The predicted octanol–water partition coefficient (Wildman–Crippen LogP) is 2.06. The second kappa shape index (κ2) is 7.28. The first-order chi connectivity index (χ1) is 13.5. The zero-order chi connectivity index (χ0) is 19.7. The van der Waals surface area contributed by atoms with Crippen LogP contribution in [-0.2, 0) is 10.0 Å². The lowest BCUT2D eigenvalue weighted by Gasteiger charge is -2.34. The molecule has 0 N–H and O–H groups in total. The smallest absolute Gasteiger partial charge is 0.249 e. The molecule has 3 heterocycles. The largest absolute Gasteiger partial charge is 0.354 e. The van der Waals surface area contributed by atoms with E-state index < -0.39 is 26.6 Å². The highest BCUT2D eigenvalue weighted by molar-refractivity contribution is 7.89. The van der Waals surface area contributed by atoms with Gasteiger partial charge in [-0.25, -0.2) is 27.2 Å². The van der Waals surface area contributed by atoms with Crippen molar-refractivity contribution >= 4 is 15.8 Å². The van der Waals surface area contributed by atoms with Gasteiger partial charge in [-0.05, 0) is 24.3 Å². The number of anilines is 1. The van der Waals surface area contributed by atoms with Gasteiger partial charge in [-0.15, -0.1) is 0 Å². The maximum atomic E-state index is 13.9. The van der Waals surface area contributed by atoms with Crippen LogP contribution in [0.2, 0.25) is 0 Å². The van der Waals surface area contributed by atoms with Crippen molar-refractivity contribution < 1.29 is 17.2 Å². The molecule has 0 spiro atoms. The van der Waals surface area contributed by atoms with E-state index in [9.17, 15) is 17.2 Å². The topological polar surface area (TPSA) is 71.3 Å². The molecular formula is C18H17F2N5O2S. The highest BCUT2D eigenvalue weighted by atomic mass is 32.2. The Kier molecular flexibility index (Phi) is 4.82. The van der Waals surface area contributed by atoms with E-state index in [-0.39, 0.29) is 13.1 Å². The second-order valence-electron chi connectivity index (χ2n) is 6.27. The van der Waals surface area contributed by atoms with E-state index in [1.54, 1.807) is 6.07 Å². The average molecular weight is 405 g/mol. The van der Waals surface area contributed by atoms with Crippen molar-refractivity contribution in [2.45, 2.75) is 4.90 Å². The molecule has 28 heavy (non-hydrogen) atoms. The number of rotatable bonds is 4. The van der Waals surface area contributed by atoms with Crippen LogP contribution >= 0.6 is 0 Å². The molecule has 10 heteroatoms. The Morgan fingerprint density at radius 2 is 1.46 bits per heavy atom. The maximum Gasteiger partial charge on any atom is 0.249 e. The fourth-order valence-corrected chi connectivity index (χ4v) is 4.69. The van der Waals surface area contributed by atoms with Crippen LogP contribution in [0.3, 0.4) is 0 Å².